The maximum atomic E-state index is 12.9. The molecule has 4 fully saturated rings. The van der Waals surface area contributed by atoms with Crippen LogP contribution in [-0.4, -0.2) is 46.1 Å². The molecule has 0 saturated heterocycles. The number of carboxylic acids is 1. The van der Waals surface area contributed by atoms with Gasteiger partial charge in [0.2, 0.25) is 0 Å². The van der Waals surface area contributed by atoms with Crippen LogP contribution in [0.4, 0.5) is 0 Å². The van der Waals surface area contributed by atoms with Crippen LogP contribution >= 0.6 is 0 Å². The third-order valence-electron chi connectivity index (χ3n) is 13.1. The van der Waals surface area contributed by atoms with E-state index in [-0.39, 0.29) is 58.1 Å². The summed E-state index contributed by atoms with van der Waals surface area (Å²) in [5.74, 6) is -0.861. The molecule has 3 unspecified atom stereocenters. The second kappa shape index (κ2) is 8.55. The second-order valence-corrected chi connectivity index (χ2v) is 15.7. The number of hydrogen-bond acceptors (Lipinski definition) is 5. The first-order valence-electron chi connectivity index (χ1n) is 14.9. The number of carboxylic acid groups (broad SMARTS) is 1. The molecule has 38 heavy (non-hydrogen) atoms. The molecule has 214 valence electrons. The Morgan fingerprint density at radius 3 is 2.24 bits per heavy atom. The van der Waals surface area contributed by atoms with E-state index in [0.717, 1.165) is 32.1 Å². The number of allylic oxidation sites excluding steroid dienone is 2. The summed E-state index contributed by atoms with van der Waals surface area (Å²) in [5.41, 5.74) is -0.684. The van der Waals surface area contributed by atoms with Gasteiger partial charge in [-0.3, -0.25) is 9.59 Å². The van der Waals surface area contributed by atoms with E-state index < -0.39 is 22.9 Å². The molecule has 5 aliphatic carbocycles. The van der Waals surface area contributed by atoms with Crippen LogP contribution in [-0.2, 0) is 14.3 Å². The molecule has 5 rings (SSSR count). The van der Waals surface area contributed by atoms with Crippen LogP contribution < -0.4 is 0 Å². The number of esters is 1. The number of fused-ring (bicyclic) bond motifs is 7. The second-order valence-electron chi connectivity index (χ2n) is 15.7. The Balaban J connectivity index is 1.59. The lowest BCUT2D eigenvalue weighted by molar-refractivity contribution is -0.232. The van der Waals surface area contributed by atoms with Crippen molar-refractivity contribution >= 4 is 11.9 Å². The summed E-state index contributed by atoms with van der Waals surface area (Å²) < 4.78 is 5.77. The molecule has 0 heterocycles. The number of carbonyl (C=O) groups is 2. The third-order valence-corrected chi connectivity index (χ3v) is 13.1. The fourth-order valence-electron chi connectivity index (χ4n) is 11.5. The zero-order chi connectivity index (χ0) is 28.1. The number of hydrogen-bond donors (Lipinski definition) is 3. The summed E-state index contributed by atoms with van der Waals surface area (Å²) in [6.07, 6.45) is 8.34. The molecule has 5 aliphatic rings. The first-order chi connectivity index (χ1) is 17.5. The van der Waals surface area contributed by atoms with Gasteiger partial charge < -0.3 is 20.1 Å². The van der Waals surface area contributed by atoms with Gasteiger partial charge in [0.05, 0.1) is 18.1 Å². The molecular weight excluding hydrogens is 480 g/mol. The van der Waals surface area contributed by atoms with E-state index in [1.54, 1.807) is 0 Å². The third kappa shape index (κ3) is 3.57. The molecule has 3 N–H and O–H groups in total. The fourth-order valence-corrected chi connectivity index (χ4v) is 11.5. The van der Waals surface area contributed by atoms with Crippen molar-refractivity contribution in [1.82, 2.24) is 0 Å². The maximum Gasteiger partial charge on any atom is 0.310 e. The Bertz CT molecular complexity index is 1050. The van der Waals surface area contributed by atoms with E-state index in [0.29, 0.717) is 25.7 Å². The van der Waals surface area contributed by atoms with E-state index in [4.69, 9.17) is 4.74 Å². The summed E-state index contributed by atoms with van der Waals surface area (Å²) >= 11 is 0. The molecule has 0 aromatic heterocycles. The van der Waals surface area contributed by atoms with E-state index in [1.165, 1.54) is 12.5 Å². The van der Waals surface area contributed by atoms with Gasteiger partial charge >= 0.3 is 11.9 Å². The van der Waals surface area contributed by atoms with Crippen LogP contribution in [0.25, 0.3) is 0 Å². The van der Waals surface area contributed by atoms with Gasteiger partial charge in [-0.2, -0.15) is 0 Å². The van der Waals surface area contributed by atoms with Crippen LogP contribution in [0.5, 0.6) is 0 Å². The van der Waals surface area contributed by atoms with Crippen LogP contribution in [0.2, 0.25) is 0 Å². The average Bonchev–Trinajstić information content (AvgIpc) is 2.80. The Morgan fingerprint density at radius 1 is 0.947 bits per heavy atom. The first kappa shape index (κ1) is 28.1. The monoisotopic (exact) mass is 530 g/mol. The molecule has 10 atom stereocenters. The summed E-state index contributed by atoms with van der Waals surface area (Å²) in [5, 5.41) is 33.4. The quantitative estimate of drug-likeness (QED) is 0.317. The number of carbonyl (C=O) groups excluding carboxylic acids is 1. The lowest BCUT2D eigenvalue weighted by atomic mass is 9.34. The number of rotatable bonds is 3. The molecule has 6 nitrogen and oxygen atoms in total. The Labute approximate surface area is 228 Å². The van der Waals surface area contributed by atoms with Crippen LogP contribution in [0, 0.1) is 50.2 Å². The molecule has 0 spiro atoms. The fraction of sp³-hybridized carbons (Fsp3) is 0.875. The number of aliphatic hydroxyl groups is 2. The van der Waals surface area contributed by atoms with Crippen molar-refractivity contribution in [2.24, 2.45) is 50.2 Å². The summed E-state index contributed by atoms with van der Waals surface area (Å²) in [6.45, 7) is 14.9. The zero-order valence-corrected chi connectivity index (χ0v) is 24.6. The minimum Gasteiger partial charge on any atom is -0.481 e. The highest BCUT2D eigenvalue weighted by atomic mass is 16.5. The molecule has 0 aromatic carbocycles. The van der Waals surface area contributed by atoms with E-state index in [9.17, 15) is 24.9 Å². The Kier molecular flexibility index (Phi) is 6.33. The topological polar surface area (TPSA) is 104 Å². The van der Waals surface area contributed by atoms with Gasteiger partial charge in [-0.15, -0.1) is 0 Å². The minimum atomic E-state index is -0.755. The van der Waals surface area contributed by atoms with Crippen molar-refractivity contribution < 1.29 is 29.6 Å². The van der Waals surface area contributed by atoms with Crippen molar-refractivity contribution in [2.45, 2.75) is 118 Å². The first-order valence-corrected chi connectivity index (χ1v) is 14.9. The molecule has 0 radical (unpaired) electrons. The van der Waals surface area contributed by atoms with E-state index in [2.05, 4.69) is 47.6 Å². The van der Waals surface area contributed by atoms with Gasteiger partial charge in [-0.1, -0.05) is 53.2 Å². The SMILES string of the molecule is CC(=O)O[C@H]1CC[C@]2(C)C3C(O)C[C@]4(C)C(=CC[C@@]5(C(=O)O)CCC(C)(C)C[C@H]54)[C@]3(C)CCC2[C@]1(C)CO. The van der Waals surface area contributed by atoms with Crippen LogP contribution in [0.1, 0.15) is 106 Å². The maximum absolute atomic E-state index is 12.9. The van der Waals surface area contributed by atoms with Crippen molar-refractivity contribution in [2.75, 3.05) is 6.61 Å². The Hall–Kier alpha value is -1.40. The van der Waals surface area contributed by atoms with Gasteiger partial charge in [-0.25, -0.2) is 0 Å². The zero-order valence-electron chi connectivity index (χ0n) is 24.6. The van der Waals surface area contributed by atoms with Crippen LogP contribution in [0.3, 0.4) is 0 Å². The predicted molar refractivity (Wildman–Crippen MR) is 145 cm³/mol. The summed E-state index contributed by atoms with van der Waals surface area (Å²) in [6, 6.07) is 0. The average molecular weight is 531 g/mol. The van der Waals surface area contributed by atoms with Crippen molar-refractivity contribution in [1.29, 1.82) is 0 Å². The van der Waals surface area contributed by atoms with Crippen LogP contribution in [0.15, 0.2) is 11.6 Å². The molecule has 0 aliphatic heterocycles. The molecule has 6 heteroatoms. The van der Waals surface area contributed by atoms with Crippen molar-refractivity contribution in [3.8, 4) is 0 Å². The molecule has 0 amide bonds. The van der Waals surface area contributed by atoms with Gasteiger partial charge in [0, 0.05) is 12.3 Å². The van der Waals surface area contributed by atoms with Gasteiger partial charge in [0.15, 0.2) is 0 Å². The predicted octanol–water partition coefficient (Wildman–Crippen LogP) is 5.75. The van der Waals surface area contributed by atoms with Gasteiger partial charge in [0.1, 0.15) is 6.10 Å². The van der Waals surface area contributed by atoms with Crippen molar-refractivity contribution in [3.05, 3.63) is 11.6 Å². The lowest BCUT2D eigenvalue weighted by Crippen LogP contribution is -2.68. The van der Waals surface area contributed by atoms with E-state index in [1.807, 2.05) is 0 Å². The standard InChI is InChI=1S/C32H50O6/c1-19(34)38-24-10-12-29(5)22(31(24,7)18-33)8-11-28(4)21-9-13-32(26(36)37)15-14-27(2,3)17-23(32)30(21,6)16-20(35)25(28)29/h9,20,22-25,33,35H,8,10-18H2,1-7H3,(H,36,37)/t20?,22?,23-,24-,25?,28-,29-,30+,31-,32+/m0/s1. The normalized spacial score (nSPS) is 51.4. The Morgan fingerprint density at radius 2 is 1.63 bits per heavy atom. The molecule has 4 saturated carbocycles. The lowest BCUT2D eigenvalue weighted by Gasteiger charge is -2.71. The number of ether oxygens (including phenoxy) is 1. The van der Waals surface area contributed by atoms with Crippen molar-refractivity contribution in [3.63, 3.8) is 0 Å². The largest absolute Gasteiger partial charge is 0.481 e. The molecular formula is C32H50O6. The smallest absolute Gasteiger partial charge is 0.310 e. The van der Waals surface area contributed by atoms with Gasteiger partial charge in [-0.05, 0) is 97.2 Å². The highest BCUT2D eigenvalue weighted by molar-refractivity contribution is 5.76. The highest BCUT2D eigenvalue weighted by Crippen LogP contribution is 2.75. The number of aliphatic hydroxyl groups excluding tert-OH is 2. The van der Waals surface area contributed by atoms with Gasteiger partial charge in [0.25, 0.3) is 0 Å². The summed E-state index contributed by atoms with van der Waals surface area (Å²) in [4.78, 5) is 24.8. The highest BCUT2D eigenvalue weighted by Gasteiger charge is 2.71. The molecule has 0 bridgehead atoms. The summed E-state index contributed by atoms with van der Waals surface area (Å²) in [7, 11) is 0. The molecule has 0 aromatic rings. The number of aliphatic carboxylic acids is 1. The minimum absolute atomic E-state index is 0.00313. The van der Waals surface area contributed by atoms with E-state index >= 15 is 0 Å².